The molecule has 10 atom stereocenters. The fourth-order valence-electron chi connectivity index (χ4n) is 2.62. The molecular weight excluding hydrogens is 399 g/mol. The van der Waals surface area contributed by atoms with Crippen LogP contribution in [0.5, 0.6) is 0 Å². The van der Waals surface area contributed by atoms with Gasteiger partial charge in [0.25, 0.3) is 0 Å². The van der Waals surface area contributed by atoms with Crippen molar-refractivity contribution in [3.8, 4) is 0 Å². The standard InChI is InChI=1S/C12H23O14P/c13-5-3(25-11(19)9(17)7(5)15)1-23-12-10(18)8(16)6(14)4(26-12)2-24-27(20,21)22/h3-19H,1-2H2,(H2,20,21,22)/t3-,4-,5+,6+,7+,8+,9-,10-,11-,12-/m1/s1. The van der Waals surface area contributed by atoms with Crippen molar-refractivity contribution >= 4 is 7.82 Å². The first-order valence-electron chi connectivity index (χ1n) is 7.81. The maximum Gasteiger partial charge on any atom is 0.469 e. The summed E-state index contributed by atoms with van der Waals surface area (Å²) in [6.07, 6.45) is -16.8. The molecule has 27 heavy (non-hydrogen) atoms. The monoisotopic (exact) mass is 422 g/mol. The molecule has 2 fully saturated rings. The normalized spacial score (nSPS) is 46.4. The average molecular weight is 422 g/mol. The number of aliphatic hydroxyl groups excluding tert-OH is 7. The van der Waals surface area contributed by atoms with Gasteiger partial charge < -0.3 is 59.7 Å². The third kappa shape index (κ3) is 5.62. The van der Waals surface area contributed by atoms with Gasteiger partial charge in [0.05, 0.1) is 13.2 Å². The number of rotatable bonds is 6. The lowest BCUT2D eigenvalue weighted by molar-refractivity contribution is -0.325. The van der Waals surface area contributed by atoms with Crippen molar-refractivity contribution in [2.24, 2.45) is 0 Å². The van der Waals surface area contributed by atoms with E-state index in [1.165, 1.54) is 0 Å². The number of phosphoric ester groups is 1. The lowest BCUT2D eigenvalue weighted by Crippen LogP contribution is -2.61. The fraction of sp³-hybridized carbons (Fsp3) is 1.00. The Labute approximate surface area is 152 Å². The van der Waals surface area contributed by atoms with E-state index in [1.54, 1.807) is 0 Å². The zero-order chi connectivity index (χ0) is 20.5. The molecular formula is C12H23O14P. The summed E-state index contributed by atoms with van der Waals surface area (Å²) >= 11 is 0. The summed E-state index contributed by atoms with van der Waals surface area (Å²) < 4.78 is 30.1. The lowest BCUT2D eigenvalue weighted by atomic mass is 9.98. The number of aliphatic hydroxyl groups is 7. The number of hydrogen-bond donors (Lipinski definition) is 9. The quantitative estimate of drug-likeness (QED) is 0.182. The van der Waals surface area contributed by atoms with Crippen LogP contribution in [0.15, 0.2) is 0 Å². The first kappa shape index (κ1) is 23.0. The van der Waals surface area contributed by atoms with Crippen LogP contribution in [0.1, 0.15) is 0 Å². The molecule has 0 unspecified atom stereocenters. The van der Waals surface area contributed by atoms with Crippen molar-refractivity contribution in [1.29, 1.82) is 0 Å². The van der Waals surface area contributed by atoms with Gasteiger partial charge in [-0.25, -0.2) is 4.57 Å². The zero-order valence-corrected chi connectivity index (χ0v) is 14.6. The van der Waals surface area contributed by atoms with Crippen molar-refractivity contribution in [2.45, 2.75) is 61.4 Å². The van der Waals surface area contributed by atoms with E-state index < -0.39 is 82.4 Å². The van der Waals surface area contributed by atoms with E-state index in [2.05, 4.69) is 4.52 Å². The summed E-state index contributed by atoms with van der Waals surface area (Å²) in [5, 5.41) is 67.8. The highest BCUT2D eigenvalue weighted by Crippen LogP contribution is 2.37. The molecule has 2 rings (SSSR count). The highest BCUT2D eigenvalue weighted by molar-refractivity contribution is 7.46. The van der Waals surface area contributed by atoms with Crippen LogP contribution in [0, 0.1) is 0 Å². The predicted molar refractivity (Wildman–Crippen MR) is 79.5 cm³/mol. The molecule has 0 radical (unpaired) electrons. The van der Waals surface area contributed by atoms with Gasteiger partial charge in [0.15, 0.2) is 12.6 Å². The summed E-state index contributed by atoms with van der Waals surface area (Å²) in [6.45, 7) is -1.42. The molecule has 2 aliphatic heterocycles. The number of phosphoric acid groups is 1. The molecule has 0 bridgehead atoms. The van der Waals surface area contributed by atoms with E-state index in [0.717, 1.165) is 0 Å². The van der Waals surface area contributed by atoms with Gasteiger partial charge in [-0.2, -0.15) is 0 Å². The van der Waals surface area contributed by atoms with Crippen LogP contribution in [0.4, 0.5) is 0 Å². The van der Waals surface area contributed by atoms with E-state index in [4.69, 9.17) is 24.0 Å². The van der Waals surface area contributed by atoms with Crippen molar-refractivity contribution in [2.75, 3.05) is 13.2 Å². The first-order chi connectivity index (χ1) is 12.4. The van der Waals surface area contributed by atoms with Crippen molar-refractivity contribution < 1.29 is 68.8 Å². The van der Waals surface area contributed by atoms with Crippen LogP contribution in [-0.4, -0.2) is 120 Å². The van der Waals surface area contributed by atoms with Crippen LogP contribution in [0.3, 0.4) is 0 Å². The highest BCUT2D eigenvalue weighted by Gasteiger charge is 2.47. The fourth-order valence-corrected chi connectivity index (χ4v) is 2.96. The van der Waals surface area contributed by atoms with E-state index in [1.807, 2.05) is 0 Å². The summed E-state index contributed by atoms with van der Waals surface area (Å²) in [7, 11) is -4.89. The van der Waals surface area contributed by atoms with Crippen molar-refractivity contribution in [1.82, 2.24) is 0 Å². The second-order valence-corrected chi connectivity index (χ2v) is 7.41. The largest absolute Gasteiger partial charge is 0.469 e. The molecule has 15 heteroatoms. The molecule has 0 saturated carbocycles. The van der Waals surface area contributed by atoms with Crippen LogP contribution >= 0.6 is 7.82 Å². The third-order valence-corrected chi connectivity index (χ3v) is 4.67. The minimum atomic E-state index is -4.89. The smallest absolute Gasteiger partial charge is 0.387 e. The topological polar surface area (TPSA) is 236 Å². The Morgan fingerprint density at radius 1 is 0.704 bits per heavy atom. The number of hydrogen-bond acceptors (Lipinski definition) is 12. The molecule has 0 aromatic carbocycles. The summed E-state index contributed by atoms with van der Waals surface area (Å²) in [6, 6.07) is 0. The Bertz CT molecular complexity index is 528. The Morgan fingerprint density at radius 3 is 1.78 bits per heavy atom. The third-order valence-electron chi connectivity index (χ3n) is 4.19. The van der Waals surface area contributed by atoms with Crippen LogP contribution < -0.4 is 0 Å². The molecule has 0 aliphatic carbocycles. The van der Waals surface area contributed by atoms with Gasteiger partial charge in [0.2, 0.25) is 0 Å². The van der Waals surface area contributed by atoms with Crippen LogP contribution in [0.25, 0.3) is 0 Å². The van der Waals surface area contributed by atoms with Gasteiger partial charge in [0.1, 0.15) is 48.8 Å². The Balaban J connectivity index is 1.96. The van der Waals surface area contributed by atoms with Crippen LogP contribution in [0.2, 0.25) is 0 Å². The Morgan fingerprint density at radius 2 is 1.22 bits per heavy atom. The summed E-state index contributed by atoms with van der Waals surface area (Å²) in [4.78, 5) is 17.4. The Hall–Kier alpha value is -0.290. The maximum atomic E-state index is 10.7. The van der Waals surface area contributed by atoms with Crippen LogP contribution in [-0.2, 0) is 23.3 Å². The van der Waals surface area contributed by atoms with Gasteiger partial charge in [-0.3, -0.25) is 4.52 Å². The number of ether oxygens (including phenoxy) is 3. The first-order valence-corrected chi connectivity index (χ1v) is 9.34. The average Bonchev–Trinajstić information content (AvgIpc) is 2.59. The molecule has 0 amide bonds. The van der Waals surface area contributed by atoms with Gasteiger partial charge in [0, 0.05) is 0 Å². The molecule has 0 aromatic heterocycles. The molecule has 0 aromatic rings. The van der Waals surface area contributed by atoms with E-state index in [9.17, 15) is 40.3 Å². The highest BCUT2D eigenvalue weighted by atomic mass is 31.2. The van der Waals surface area contributed by atoms with Gasteiger partial charge in [-0.1, -0.05) is 0 Å². The van der Waals surface area contributed by atoms with E-state index in [-0.39, 0.29) is 0 Å². The lowest BCUT2D eigenvalue weighted by Gasteiger charge is -2.42. The van der Waals surface area contributed by atoms with Crippen molar-refractivity contribution in [3.05, 3.63) is 0 Å². The van der Waals surface area contributed by atoms with E-state index in [0.29, 0.717) is 0 Å². The zero-order valence-electron chi connectivity index (χ0n) is 13.7. The maximum absolute atomic E-state index is 10.7. The second kappa shape index (κ2) is 9.02. The predicted octanol–water partition coefficient (Wildman–Crippen LogP) is -5.28. The Kier molecular flexibility index (Phi) is 7.68. The summed E-state index contributed by atoms with van der Waals surface area (Å²) in [5.74, 6) is 0. The van der Waals surface area contributed by atoms with E-state index >= 15 is 0 Å². The molecule has 2 aliphatic rings. The minimum Gasteiger partial charge on any atom is -0.387 e. The minimum absolute atomic E-state index is 0.585. The molecule has 14 nitrogen and oxygen atoms in total. The molecule has 2 saturated heterocycles. The SMILES string of the molecule is O=P(O)(O)OC[C@H]1O[C@@H](OC[C@H]2O[C@@H](O)[C@H](O)[C@@H](O)[C@H]2O)[C@H](O)[C@@H](O)[C@H]1O. The second-order valence-electron chi connectivity index (χ2n) is 6.17. The van der Waals surface area contributed by atoms with Gasteiger partial charge in [-0.15, -0.1) is 0 Å². The molecule has 160 valence electrons. The molecule has 9 N–H and O–H groups in total. The molecule has 2 heterocycles. The van der Waals surface area contributed by atoms with Crippen molar-refractivity contribution in [3.63, 3.8) is 0 Å². The van der Waals surface area contributed by atoms with Gasteiger partial charge >= 0.3 is 7.82 Å². The molecule has 0 spiro atoms. The van der Waals surface area contributed by atoms with Gasteiger partial charge in [-0.05, 0) is 0 Å². The summed E-state index contributed by atoms with van der Waals surface area (Å²) in [5.41, 5.74) is 0.